The summed E-state index contributed by atoms with van der Waals surface area (Å²) in [6.45, 7) is -3.01. The SMILES string of the molecule is COc1ccc(NC(=O)CNc2ccccc2OC(F)F)cc1. The number of carbonyl (C=O) groups excluding carboxylic acids is 1. The summed E-state index contributed by atoms with van der Waals surface area (Å²) in [6, 6.07) is 13.0. The molecular formula is C16H16F2N2O3. The Morgan fingerprint density at radius 1 is 1.13 bits per heavy atom. The molecule has 0 heterocycles. The largest absolute Gasteiger partial charge is 0.497 e. The third kappa shape index (κ3) is 5.14. The lowest BCUT2D eigenvalue weighted by molar-refractivity contribution is -0.114. The maximum Gasteiger partial charge on any atom is 0.387 e. The third-order valence-corrected chi connectivity index (χ3v) is 2.92. The standard InChI is InChI=1S/C16H16F2N2O3/c1-22-12-8-6-11(7-9-12)20-15(21)10-19-13-4-2-3-5-14(13)23-16(17)18/h2-9,16,19H,10H2,1H3,(H,20,21). The zero-order valence-corrected chi connectivity index (χ0v) is 12.4. The van der Waals surface area contributed by atoms with Gasteiger partial charge in [-0.15, -0.1) is 0 Å². The van der Waals surface area contributed by atoms with Crippen LogP contribution in [-0.2, 0) is 4.79 Å². The van der Waals surface area contributed by atoms with Gasteiger partial charge in [-0.1, -0.05) is 12.1 Å². The first-order chi connectivity index (χ1) is 11.1. The number of methoxy groups -OCH3 is 1. The minimum atomic E-state index is -2.92. The Labute approximate surface area is 132 Å². The summed E-state index contributed by atoms with van der Waals surface area (Å²) in [4.78, 5) is 11.9. The van der Waals surface area contributed by atoms with Crippen molar-refractivity contribution in [2.75, 3.05) is 24.3 Å². The van der Waals surface area contributed by atoms with Crippen molar-refractivity contribution < 1.29 is 23.0 Å². The molecule has 0 saturated heterocycles. The van der Waals surface area contributed by atoms with Crippen molar-refractivity contribution in [2.45, 2.75) is 6.61 Å². The molecule has 0 saturated carbocycles. The van der Waals surface area contributed by atoms with Crippen LogP contribution in [0.15, 0.2) is 48.5 Å². The van der Waals surface area contributed by atoms with Crippen LogP contribution in [0.2, 0.25) is 0 Å². The van der Waals surface area contributed by atoms with Gasteiger partial charge >= 0.3 is 6.61 Å². The highest BCUT2D eigenvalue weighted by Crippen LogP contribution is 2.25. The summed E-state index contributed by atoms with van der Waals surface area (Å²) in [5.41, 5.74) is 0.924. The molecule has 0 aliphatic heterocycles. The number of ether oxygens (including phenoxy) is 2. The maximum absolute atomic E-state index is 12.3. The smallest absolute Gasteiger partial charge is 0.387 e. The number of rotatable bonds is 7. The van der Waals surface area contributed by atoms with Gasteiger partial charge in [0, 0.05) is 5.69 Å². The fraction of sp³-hybridized carbons (Fsp3) is 0.188. The van der Waals surface area contributed by atoms with E-state index in [1.807, 2.05) is 0 Å². The Bertz CT molecular complexity index is 648. The fourth-order valence-electron chi connectivity index (χ4n) is 1.87. The van der Waals surface area contributed by atoms with E-state index in [1.165, 1.54) is 6.07 Å². The van der Waals surface area contributed by atoms with E-state index in [-0.39, 0.29) is 18.2 Å². The number of alkyl halides is 2. The van der Waals surface area contributed by atoms with Crippen molar-refractivity contribution in [1.82, 2.24) is 0 Å². The molecule has 0 spiro atoms. The monoisotopic (exact) mass is 322 g/mol. The lowest BCUT2D eigenvalue weighted by Crippen LogP contribution is -2.22. The van der Waals surface area contributed by atoms with Crippen molar-refractivity contribution in [3.8, 4) is 11.5 Å². The van der Waals surface area contributed by atoms with Gasteiger partial charge < -0.3 is 20.1 Å². The van der Waals surface area contributed by atoms with Crippen LogP contribution in [-0.4, -0.2) is 26.2 Å². The average Bonchev–Trinajstić information content (AvgIpc) is 2.54. The molecule has 23 heavy (non-hydrogen) atoms. The number of hydrogen-bond donors (Lipinski definition) is 2. The Morgan fingerprint density at radius 3 is 2.48 bits per heavy atom. The van der Waals surface area contributed by atoms with Crippen LogP contribution in [0, 0.1) is 0 Å². The van der Waals surface area contributed by atoms with Crippen molar-refractivity contribution in [1.29, 1.82) is 0 Å². The van der Waals surface area contributed by atoms with Crippen LogP contribution in [0.25, 0.3) is 0 Å². The highest BCUT2D eigenvalue weighted by Gasteiger charge is 2.10. The van der Waals surface area contributed by atoms with Crippen LogP contribution in [0.4, 0.5) is 20.2 Å². The van der Waals surface area contributed by atoms with E-state index in [2.05, 4.69) is 15.4 Å². The van der Waals surface area contributed by atoms with Gasteiger partial charge in [-0.3, -0.25) is 4.79 Å². The zero-order chi connectivity index (χ0) is 16.7. The lowest BCUT2D eigenvalue weighted by Gasteiger charge is -2.12. The second-order valence-corrected chi connectivity index (χ2v) is 4.50. The van der Waals surface area contributed by atoms with Crippen LogP contribution >= 0.6 is 0 Å². The molecule has 2 aromatic rings. The Hall–Kier alpha value is -2.83. The lowest BCUT2D eigenvalue weighted by atomic mass is 10.3. The van der Waals surface area contributed by atoms with Gasteiger partial charge in [0.2, 0.25) is 5.91 Å². The first-order valence-corrected chi connectivity index (χ1v) is 6.80. The minimum Gasteiger partial charge on any atom is -0.497 e. The molecule has 0 radical (unpaired) electrons. The molecule has 2 aromatic carbocycles. The molecule has 0 atom stereocenters. The van der Waals surface area contributed by atoms with Gasteiger partial charge in [0.05, 0.1) is 19.3 Å². The normalized spacial score (nSPS) is 10.3. The first-order valence-electron chi connectivity index (χ1n) is 6.80. The second-order valence-electron chi connectivity index (χ2n) is 4.50. The predicted molar refractivity (Wildman–Crippen MR) is 83.2 cm³/mol. The molecule has 0 aliphatic carbocycles. The van der Waals surface area contributed by atoms with Crippen LogP contribution in [0.1, 0.15) is 0 Å². The number of anilines is 2. The van der Waals surface area contributed by atoms with Gasteiger partial charge in [-0.25, -0.2) is 0 Å². The number of benzene rings is 2. The van der Waals surface area contributed by atoms with E-state index in [9.17, 15) is 13.6 Å². The molecule has 0 aromatic heterocycles. The number of halogens is 2. The molecule has 122 valence electrons. The first kappa shape index (κ1) is 16.5. The average molecular weight is 322 g/mol. The van der Waals surface area contributed by atoms with Crippen molar-refractivity contribution >= 4 is 17.3 Å². The van der Waals surface area contributed by atoms with Gasteiger partial charge in [0.1, 0.15) is 11.5 Å². The summed E-state index contributed by atoms with van der Waals surface area (Å²) >= 11 is 0. The van der Waals surface area contributed by atoms with Crippen LogP contribution < -0.4 is 20.1 Å². The molecule has 5 nitrogen and oxygen atoms in total. The number of para-hydroxylation sites is 2. The molecule has 0 bridgehead atoms. The highest BCUT2D eigenvalue weighted by atomic mass is 19.3. The molecule has 0 unspecified atom stereocenters. The third-order valence-electron chi connectivity index (χ3n) is 2.92. The van der Waals surface area contributed by atoms with Crippen LogP contribution in [0.5, 0.6) is 11.5 Å². The number of nitrogens with one attached hydrogen (secondary N) is 2. The predicted octanol–water partition coefficient (Wildman–Crippen LogP) is 3.35. The van der Waals surface area contributed by atoms with Gasteiger partial charge in [0.15, 0.2) is 0 Å². The van der Waals surface area contributed by atoms with E-state index < -0.39 is 6.61 Å². The summed E-state index contributed by atoms with van der Waals surface area (Å²) in [5.74, 6) is 0.348. The topological polar surface area (TPSA) is 59.6 Å². The Morgan fingerprint density at radius 2 is 1.83 bits per heavy atom. The summed E-state index contributed by atoms with van der Waals surface area (Å²) in [5, 5.41) is 5.44. The van der Waals surface area contributed by atoms with E-state index in [0.29, 0.717) is 17.1 Å². The summed E-state index contributed by atoms with van der Waals surface area (Å²) in [7, 11) is 1.55. The number of hydrogen-bond acceptors (Lipinski definition) is 4. The van der Waals surface area contributed by atoms with E-state index in [0.717, 1.165) is 0 Å². The highest BCUT2D eigenvalue weighted by molar-refractivity contribution is 5.94. The maximum atomic E-state index is 12.3. The van der Waals surface area contributed by atoms with Crippen molar-refractivity contribution in [3.05, 3.63) is 48.5 Å². The Balaban J connectivity index is 1.91. The number of carbonyl (C=O) groups is 1. The number of amides is 1. The molecule has 2 N–H and O–H groups in total. The quantitative estimate of drug-likeness (QED) is 0.821. The van der Waals surface area contributed by atoms with E-state index >= 15 is 0 Å². The molecule has 7 heteroatoms. The van der Waals surface area contributed by atoms with Gasteiger partial charge in [0.25, 0.3) is 0 Å². The molecule has 0 aliphatic rings. The zero-order valence-electron chi connectivity index (χ0n) is 12.4. The molecule has 0 fully saturated rings. The summed E-state index contributed by atoms with van der Waals surface area (Å²) < 4.78 is 34.0. The molecular weight excluding hydrogens is 306 g/mol. The van der Waals surface area contributed by atoms with Crippen molar-refractivity contribution in [3.63, 3.8) is 0 Å². The second kappa shape index (κ2) is 7.98. The Kier molecular flexibility index (Phi) is 5.74. The van der Waals surface area contributed by atoms with Gasteiger partial charge in [-0.2, -0.15) is 8.78 Å². The minimum absolute atomic E-state index is 0.0141. The van der Waals surface area contributed by atoms with E-state index in [1.54, 1.807) is 49.6 Å². The van der Waals surface area contributed by atoms with Crippen molar-refractivity contribution in [2.24, 2.45) is 0 Å². The molecule has 2 rings (SSSR count). The van der Waals surface area contributed by atoms with Crippen LogP contribution in [0.3, 0.4) is 0 Å². The summed E-state index contributed by atoms with van der Waals surface area (Å²) in [6.07, 6.45) is 0. The van der Waals surface area contributed by atoms with Gasteiger partial charge in [-0.05, 0) is 36.4 Å². The fourth-order valence-corrected chi connectivity index (χ4v) is 1.87. The molecule has 1 amide bonds. The van der Waals surface area contributed by atoms with E-state index in [4.69, 9.17) is 4.74 Å².